The summed E-state index contributed by atoms with van der Waals surface area (Å²) in [4.78, 5) is 23.2. The average molecular weight is 282 g/mol. The molecule has 0 bridgehead atoms. The molecule has 1 aromatic heterocycles. The predicted molar refractivity (Wildman–Crippen MR) is 67.3 cm³/mol. The van der Waals surface area contributed by atoms with Gasteiger partial charge in [0.25, 0.3) is 0 Å². The monoisotopic (exact) mass is 282 g/mol. The van der Waals surface area contributed by atoms with E-state index in [1.165, 1.54) is 11.8 Å². The molecule has 2 rings (SSSR count). The van der Waals surface area contributed by atoms with E-state index in [9.17, 15) is 9.59 Å². The first-order valence-electron chi connectivity index (χ1n) is 6.44. The molecule has 0 spiro atoms. The number of aryl methyl sites for hydroxylation is 1. The van der Waals surface area contributed by atoms with Crippen LogP contribution in [0.2, 0.25) is 0 Å². The molecule has 8 heteroatoms. The van der Waals surface area contributed by atoms with E-state index in [4.69, 9.17) is 15.6 Å². The van der Waals surface area contributed by atoms with Gasteiger partial charge in [0.05, 0.1) is 12.8 Å². The fraction of sp³-hybridized carbons (Fsp3) is 0.667. The Bertz CT molecular complexity index is 507. The van der Waals surface area contributed by atoms with E-state index in [2.05, 4.69) is 10.3 Å². The third kappa shape index (κ3) is 2.38. The van der Waals surface area contributed by atoms with Crippen molar-refractivity contribution in [1.82, 2.24) is 15.0 Å². The van der Waals surface area contributed by atoms with Crippen molar-refractivity contribution in [2.75, 3.05) is 13.7 Å². The van der Waals surface area contributed by atoms with Crippen LogP contribution in [-0.2, 0) is 26.3 Å². The molecule has 1 heterocycles. The van der Waals surface area contributed by atoms with Crippen LogP contribution in [-0.4, -0.2) is 45.7 Å². The van der Waals surface area contributed by atoms with Gasteiger partial charge < -0.3 is 15.6 Å². The molecule has 3 N–H and O–H groups in total. The zero-order valence-corrected chi connectivity index (χ0v) is 11.3. The van der Waals surface area contributed by atoms with Gasteiger partial charge in [-0.15, -0.1) is 5.10 Å². The molecule has 1 saturated carbocycles. The summed E-state index contributed by atoms with van der Waals surface area (Å²) in [6.45, 7) is 0.0682. The van der Waals surface area contributed by atoms with Gasteiger partial charge in [0, 0.05) is 18.7 Å². The van der Waals surface area contributed by atoms with E-state index in [-0.39, 0.29) is 25.4 Å². The Morgan fingerprint density at radius 2 is 2.30 bits per heavy atom. The molecule has 1 aliphatic rings. The Morgan fingerprint density at radius 1 is 1.60 bits per heavy atom. The predicted octanol–water partition coefficient (Wildman–Crippen LogP) is -1.03. The van der Waals surface area contributed by atoms with Gasteiger partial charge >= 0.3 is 5.97 Å². The van der Waals surface area contributed by atoms with Gasteiger partial charge in [-0.3, -0.25) is 4.79 Å². The summed E-state index contributed by atoms with van der Waals surface area (Å²) >= 11 is 0. The van der Waals surface area contributed by atoms with Crippen LogP contribution in [0.5, 0.6) is 0 Å². The Labute approximate surface area is 115 Å². The van der Waals surface area contributed by atoms with Gasteiger partial charge in [0.2, 0.25) is 5.91 Å². The van der Waals surface area contributed by atoms with Crippen LogP contribution in [0.4, 0.5) is 0 Å². The van der Waals surface area contributed by atoms with Crippen LogP contribution < -0.4 is 5.73 Å². The maximum absolute atomic E-state index is 12.0. The number of esters is 1. The van der Waals surface area contributed by atoms with Gasteiger partial charge in [-0.05, 0) is 25.7 Å². The Kier molecular flexibility index (Phi) is 4.03. The fourth-order valence-corrected chi connectivity index (χ4v) is 2.48. The first-order valence-corrected chi connectivity index (χ1v) is 6.44. The van der Waals surface area contributed by atoms with Crippen molar-refractivity contribution in [2.45, 2.75) is 31.2 Å². The summed E-state index contributed by atoms with van der Waals surface area (Å²) in [5.74, 6) is -1.22. The van der Waals surface area contributed by atoms with Crippen molar-refractivity contribution in [2.24, 2.45) is 11.7 Å². The number of nitrogens with zero attached hydrogens (tertiary/aromatic N) is 3. The molecule has 1 aliphatic carbocycles. The van der Waals surface area contributed by atoms with Gasteiger partial charge in [-0.1, -0.05) is 5.21 Å². The Morgan fingerprint density at radius 3 is 2.85 bits per heavy atom. The maximum Gasteiger partial charge on any atom is 0.333 e. The first kappa shape index (κ1) is 14.4. The molecule has 1 fully saturated rings. The van der Waals surface area contributed by atoms with E-state index in [0.717, 1.165) is 0 Å². The quantitative estimate of drug-likeness (QED) is 0.643. The number of rotatable bonds is 6. The smallest absolute Gasteiger partial charge is 0.333 e. The number of aromatic nitrogens is 3. The third-order valence-electron chi connectivity index (χ3n) is 3.71. The molecule has 0 saturated heterocycles. The zero-order chi connectivity index (χ0) is 14.8. The van der Waals surface area contributed by atoms with Crippen molar-refractivity contribution in [3.8, 4) is 0 Å². The number of carbonyl (C=O) groups is 2. The molecule has 1 amide bonds. The number of methoxy groups -OCH3 is 1. The standard InChI is InChI=1S/C12H18N4O4/c1-20-11(19)12(5-8(6-12)10(13)18)16-7-9(14-15-16)3-2-4-17/h7-8,17H,2-6H2,1H3,(H2,13,18). The number of ether oxygens (including phenoxy) is 1. The minimum absolute atomic E-state index is 0.0682. The van der Waals surface area contributed by atoms with E-state index in [1.54, 1.807) is 6.20 Å². The van der Waals surface area contributed by atoms with Crippen LogP contribution in [0.3, 0.4) is 0 Å². The maximum atomic E-state index is 12.0. The molecular weight excluding hydrogens is 264 g/mol. The normalized spacial score (nSPS) is 25.0. The second-order valence-corrected chi connectivity index (χ2v) is 5.01. The number of hydrogen-bond acceptors (Lipinski definition) is 6. The van der Waals surface area contributed by atoms with Crippen molar-refractivity contribution in [3.63, 3.8) is 0 Å². The first-order chi connectivity index (χ1) is 9.53. The SMILES string of the molecule is COC(=O)C1(n2cc(CCCO)nn2)CC(C(N)=O)C1. The summed E-state index contributed by atoms with van der Waals surface area (Å²) in [5.41, 5.74) is 4.94. The van der Waals surface area contributed by atoms with Crippen molar-refractivity contribution in [1.29, 1.82) is 0 Å². The van der Waals surface area contributed by atoms with E-state index < -0.39 is 17.4 Å². The van der Waals surface area contributed by atoms with Crippen molar-refractivity contribution in [3.05, 3.63) is 11.9 Å². The van der Waals surface area contributed by atoms with Crippen LogP contribution in [0.1, 0.15) is 25.0 Å². The van der Waals surface area contributed by atoms with Gasteiger partial charge in [0.1, 0.15) is 0 Å². The summed E-state index contributed by atoms with van der Waals surface area (Å²) in [6, 6.07) is 0. The fourth-order valence-electron chi connectivity index (χ4n) is 2.48. The molecule has 0 aromatic carbocycles. The Balaban J connectivity index is 2.18. The minimum Gasteiger partial charge on any atom is -0.467 e. The number of primary amides is 1. The Hall–Kier alpha value is -1.96. The van der Waals surface area contributed by atoms with E-state index in [1.807, 2.05) is 0 Å². The second-order valence-electron chi connectivity index (χ2n) is 5.01. The van der Waals surface area contributed by atoms with Crippen LogP contribution in [0.15, 0.2) is 6.20 Å². The summed E-state index contributed by atoms with van der Waals surface area (Å²) in [6.07, 6.45) is 3.36. The number of nitrogens with two attached hydrogens (primary N) is 1. The number of aliphatic hydroxyl groups is 1. The average Bonchev–Trinajstić information content (AvgIpc) is 2.83. The second kappa shape index (κ2) is 5.58. The van der Waals surface area contributed by atoms with E-state index >= 15 is 0 Å². The molecular formula is C12H18N4O4. The highest BCUT2D eigenvalue weighted by Crippen LogP contribution is 2.44. The molecule has 8 nitrogen and oxygen atoms in total. The van der Waals surface area contributed by atoms with Crippen LogP contribution >= 0.6 is 0 Å². The van der Waals surface area contributed by atoms with Crippen molar-refractivity contribution >= 4 is 11.9 Å². The lowest BCUT2D eigenvalue weighted by molar-refractivity contribution is -0.162. The van der Waals surface area contributed by atoms with E-state index in [0.29, 0.717) is 18.5 Å². The highest BCUT2D eigenvalue weighted by molar-refractivity contribution is 5.86. The summed E-state index contributed by atoms with van der Waals surface area (Å²) in [5, 5.41) is 16.7. The molecule has 0 atom stereocenters. The highest BCUT2D eigenvalue weighted by atomic mass is 16.5. The summed E-state index contributed by atoms with van der Waals surface area (Å²) < 4.78 is 6.26. The molecule has 1 aromatic rings. The van der Waals surface area contributed by atoms with Gasteiger partial charge in [-0.2, -0.15) is 0 Å². The topological polar surface area (TPSA) is 120 Å². The molecule has 20 heavy (non-hydrogen) atoms. The number of hydrogen-bond donors (Lipinski definition) is 2. The summed E-state index contributed by atoms with van der Waals surface area (Å²) in [7, 11) is 1.30. The van der Waals surface area contributed by atoms with Crippen LogP contribution in [0, 0.1) is 5.92 Å². The molecule has 0 aliphatic heterocycles. The van der Waals surface area contributed by atoms with Gasteiger partial charge in [-0.25, -0.2) is 9.48 Å². The number of aliphatic hydroxyl groups excluding tert-OH is 1. The van der Waals surface area contributed by atoms with Gasteiger partial charge in [0.15, 0.2) is 5.54 Å². The molecule has 0 unspecified atom stereocenters. The van der Waals surface area contributed by atoms with Crippen molar-refractivity contribution < 1.29 is 19.4 Å². The lowest BCUT2D eigenvalue weighted by Crippen LogP contribution is -2.56. The lowest BCUT2D eigenvalue weighted by Gasteiger charge is -2.43. The minimum atomic E-state index is -0.987. The number of carbonyl (C=O) groups excluding carboxylic acids is 2. The zero-order valence-electron chi connectivity index (χ0n) is 11.3. The largest absolute Gasteiger partial charge is 0.467 e. The number of amides is 1. The lowest BCUT2D eigenvalue weighted by atomic mass is 9.68. The highest BCUT2D eigenvalue weighted by Gasteiger charge is 2.55. The molecule has 0 radical (unpaired) electrons. The molecule has 110 valence electrons. The third-order valence-corrected chi connectivity index (χ3v) is 3.71. The van der Waals surface area contributed by atoms with Crippen LogP contribution in [0.25, 0.3) is 0 Å².